The number of nitrogens with zero attached hydrogens (tertiary/aromatic N) is 3. The maximum absolute atomic E-state index is 8.94. The summed E-state index contributed by atoms with van der Waals surface area (Å²) in [5, 5.41) is 20.0. The second-order valence-corrected chi connectivity index (χ2v) is 4.17. The zero-order valence-electron chi connectivity index (χ0n) is 10.3. The molecular formula is C13H18N4O. The van der Waals surface area contributed by atoms with Crippen LogP contribution in [0.25, 0.3) is 0 Å². The first-order valence-electron chi connectivity index (χ1n) is 6.12. The normalized spacial score (nSPS) is 10.7. The van der Waals surface area contributed by atoms with E-state index in [-0.39, 0.29) is 6.61 Å². The van der Waals surface area contributed by atoms with E-state index < -0.39 is 0 Å². The minimum atomic E-state index is 0.103. The molecule has 2 aromatic rings. The first-order chi connectivity index (χ1) is 8.88. The molecule has 0 aliphatic carbocycles. The number of aliphatic hydroxyl groups excluding tert-OH is 1. The summed E-state index contributed by atoms with van der Waals surface area (Å²) in [6.45, 7) is 2.78. The highest BCUT2D eigenvalue weighted by Gasteiger charge is 1.95. The fourth-order valence-corrected chi connectivity index (χ4v) is 1.71. The third-order valence-corrected chi connectivity index (χ3v) is 2.75. The van der Waals surface area contributed by atoms with Crippen molar-refractivity contribution in [1.29, 1.82) is 0 Å². The minimum Gasteiger partial charge on any atom is -0.392 e. The Balaban J connectivity index is 1.62. The van der Waals surface area contributed by atoms with E-state index in [1.165, 1.54) is 5.56 Å². The third-order valence-electron chi connectivity index (χ3n) is 2.75. The summed E-state index contributed by atoms with van der Waals surface area (Å²) in [7, 11) is 0. The van der Waals surface area contributed by atoms with Crippen LogP contribution in [0.4, 0.5) is 0 Å². The Bertz CT molecular complexity index is 439. The smallest absolute Gasteiger partial charge is 0.0692 e. The van der Waals surface area contributed by atoms with Crippen molar-refractivity contribution in [3.63, 3.8) is 0 Å². The van der Waals surface area contributed by atoms with Crippen molar-refractivity contribution in [3.05, 3.63) is 47.8 Å². The van der Waals surface area contributed by atoms with E-state index in [4.69, 9.17) is 5.11 Å². The van der Waals surface area contributed by atoms with E-state index in [0.29, 0.717) is 0 Å². The molecule has 1 aromatic carbocycles. The molecule has 0 bridgehead atoms. The quantitative estimate of drug-likeness (QED) is 0.714. The molecular weight excluding hydrogens is 228 g/mol. The number of hydrogen-bond donors (Lipinski definition) is 2. The fourth-order valence-electron chi connectivity index (χ4n) is 1.71. The van der Waals surface area contributed by atoms with Gasteiger partial charge in [0.05, 0.1) is 12.8 Å². The van der Waals surface area contributed by atoms with E-state index in [0.717, 1.165) is 31.6 Å². The Labute approximate surface area is 106 Å². The number of nitrogens with one attached hydrogen (secondary N) is 1. The summed E-state index contributed by atoms with van der Waals surface area (Å²) in [5.74, 6) is 0. The molecule has 0 aliphatic heterocycles. The molecule has 18 heavy (non-hydrogen) atoms. The average molecular weight is 246 g/mol. The molecule has 5 nitrogen and oxygen atoms in total. The minimum absolute atomic E-state index is 0.103. The topological polar surface area (TPSA) is 63.0 Å². The number of aromatic nitrogens is 3. The second kappa shape index (κ2) is 6.88. The number of aliphatic hydroxyl groups is 1. The lowest BCUT2D eigenvalue weighted by Gasteiger charge is -2.05. The monoisotopic (exact) mass is 246 g/mol. The Kier molecular flexibility index (Phi) is 4.87. The van der Waals surface area contributed by atoms with Gasteiger partial charge >= 0.3 is 0 Å². The van der Waals surface area contributed by atoms with Crippen LogP contribution < -0.4 is 5.32 Å². The number of rotatable bonds is 7. The Hall–Kier alpha value is -1.72. The van der Waals surface area contributed by atoms with E-state index in [1.807, 2.05) is 35.1 Å². The Morgan fingerprint density at radius 3 is 2.61 bits per heavy atom. The van der Waals surface area contributed by atoms with Gasteiger partial charge in [-0.15, -0.1) is 5.10 Å². The van der Waals surface area contributed by atoms with Crippen LogP contribution in [0, 0.1) is 0 Å². The van der Waals surface area contributed by atoms with Gasteiger partial charge in [0.25, 0.3) is 0 Å². The molecule has 0 atom stereocenters. The van der Waals surface area contributed by atoms with Crippen LogP contribution in [0.15, 0.2) is 36.7 Å². The molecule has 0 spiro atoms. The lowest BCUT2D eigenvalue weighted by molar-refractivity contribution is 0.282. The predicted molar refractivity (Wildman–Crippen MR) is 68.7 cm³/mol. The van der Waals surface area contributed by atoms with Crippen molar-refractivity contribution in [2.75, 3.05) is 6.54 Å². The summed E-state index contributed by atoms with van der Waals surface area (Å²) in [6, 6.07) is 7.98. The molecule has 0 amide bonds. The van der Waals surface area contributed by atoms with Crippen molar-refractivity contribution >= 4 is 0 Å². The molecule has 0 fully saturated rings. The van der Waals surface area contributed by atoms with Gasteiger partial charge in [-0.25, -0.2) is 0 Å². The van der Waals surface area contributed by atoms with Gasteiger partial charge < -0.3 is 10.4 Å². The van der Waals surface area contributed by atoms with Crippen molar-refractivity contribution in [2.24, 2.45) is 0 Å². The summed E-state index contributed by atoms with van der Waals surface area (Å²) in [6.07, 6.45) is 4.59. The summed E-state index contributed by atoms with van der Waals surface area (Å²) in [4.78, 5) is 0. The molecule has 0 radical (unpaired) electrons. The van der Waals surface area contributed by atoms with Gasteiger partial charge in [-0.2, -0.15) is 0 Å². The SMILES string of the molecule is OCc1ccc(CNCCCn2ccnn2)cc1. The zero-order valence-corrected chi connectivity index (χ0v) is 10.3. The molecule has 1 heterocycles. The second-order valence-electron chi connectivity index (χ2n) is 4.17. The highest BCUT2D eigenvalue weighted by molar-refractivity contribution is 5.21. The van der Waals surface area contributed by atoms with Gasteiger partial charge in [-0.05, 0) is 24.1 Å². The average Bonchev–Trinajstić information content (AvgIpc) is 2.92. The van der Waals surface area contributed by atoms with Crippen LogP contribution in [0.3, 0.4) is 0 Å². The molecule has 5 heteroatoms. The standard InChI is InChI=1S/C13H18N4O/c18-11-13-4-2-12(3-5-13)10-14-6-1-8-17-9-7-15-16-17/h2-5,7,9,14,18H,1,6,8,10-11H2. The van der Waals surface area contributed by atoms with Crippen LogP contribution >= 0.6 is 0 Å². The fraction of sp³-hybridized carbons (Fsp3) is 0.385. The summed E-state index contributed by atoms with van der Waals surface area (Å²) < 4.78 is 1.83. The largest absolute Gasteiger partial charge is 0.392 e. The lowest BCUT2D eigenvalue weighted by Crippen LogP contribution is -2.16. The predicted octanol–water partition coefficient (Wildman–Crippen LogP) is 0.950. The first-order valence-corrected chi connectivity index (χ1v) is 6.12. The Morgan fingerprint density at radius 2 is 1.94 bits per heavy atom. The maximum atomic E-state index is 8.94. The van der Waals surface area contributed by atoms with Gasteiger partial charge in [0, 0.05) is 19.3 Å². The zero-order chi connectivity index (χ0) is 12.6. The van der Waals surface area contributed by atoms with Gasteiger partial charge in [-0.3, -0.25) is 4.68 Å². The van der Waals surface area contributed by atoms with Crippen molar-refractivity contribution in [3.8, 4) is 0 Å². The number of benzene rings is 1. The van der Waals surface area contributed by atoms with Crippen molar-refractivity contribution < 1.29 is 5.11 Å². The lowest BCUT2D eigenvalue weighted by atomic mass is 10.1. The number of hydrogen-bond acceptors (Lipinski definition) is 4. The van der Waals surface area contributed by atoms with Crippen molar-refractivity contribution in [2.45, 2.75) is 26.1 Å². The summed E-state index contributed by atoms with van der Waals surface area (Å²) in [5.41, 5.74) is 2.18. The van der Waals surface area contributed by atoms with Crippen LogP contribution in [-0.4, -0.2) is 26.6 Å². The van der Waals surface area contributed by atoms with Gasteiger partial charge in [0.2, 0.25) is 0 Å². The van der Waals surface area contributed by atoms with Crippen LogP contribution in [0.5, 0.6) is 0 Å². The van der Waals surface area contributed by atoms with Gasteiger partial charge in [-0.1, -0.05) is 29.5 Å². The molecule has 0 unspecified atom stereocenters. The van der Waals surface area contributed by atoms with E-state index in [1.54, 1.807) is 6.20 Å². The van der Waals surface area contributed by atoms with Crippen LogP contribution in [0.2, 0.25) is 0 Å². The first kappa shape index (κ1) is 12.7. The highest BCUT2D eigenvalue weighted by Crippen LogP contribution is 2.03. The summed E-state index contributed by atoms with van der Waals surface area (Å²) >= 11 is 0. The van der Waals surface area contributed by atoms with Gasteiger partial charge in [0.1, 0.15) is 0 Å². The molecule has 0 saturated heterocycles. The van der Waals surface area contributed by atoms with Crippen LogP contribution in [-0.2, 0) is 19.7 Å². The molecule has 2 rings (SSSR count). The molecule has 0 aliphatic rings. The highest BCUT2D eigenvalue weighted by atomic mass is 16.3. The van der Waals surface area contributed by atoms with E-state index >= 15 is 0 Å². The van der Waals surface area contributed by atoms with Crippen LogP contribution in [0.1, 0.15) is 17.5 Å². The molecule has 1 aromatic heterocycles. The van der Waals surface area contributed by atoms with E-state index in [9.17, 15) is 0 Å². The van der Waals surface area contributed by atoms with Gasteiger partial charge in [0.15, 0.2) is 0 Å². The maximum Gasteiger partial charge on any atom is 0.0692 e. The molecule has 96 valence electrons. The Morgan fingerprint density at radius 1 is 1.17 bits per heavy atom. The molecule has 0 saturated carbocycles. The number of aryl methyl sites for hydroxylation is 1. The van der Waals surface area contributed by atoms with Crippen molar-refractivity contribution in [1.82, 2.24) is 20.3 Å². The third kappa shape index (κ3) is 3.94. The molecule has 2 N–H and O–H groups in total. The van der Waals surface area contributed by atoms with E-state index in [2.05, 4.69) is 15.6 Å².